The molecule has 1 aromatic rings. The molecule has 2 fully saturated rings. The van der Waals surface area contributed by atoms with E-state index in [1.165, 1.54) is 11.8 Å². The summed E-state index contributed by atoms with van der Waals surface area (Å²) in [6, 6.07) is 9.30. The lowest BCUT2D eigenvalue weighted by molar-refractivity contribution is -0.134. The first-order valence-electron chi connectivity index (χ1n) is 11.7. The summed E-state index contributed by atoms with van der Waals surface area (Å²) in [5.74, 6) is -0.567. The van der Waals surface area contributed by atoms with Crippen LogP contribution in [-0.4, -0.2) is 70.1 Å². The van der Waals surface area contributed by atoms with Crippen LogP contribution in [0, 0.1) is 11.8 Å². The zero-order valence-corrected chi connectivity index (χ0v) is 21.1. The molecule has 3 rings (SSSR count). The number of imide groups is 1. The van der Waals surface area contributed by atoms with Crippen LogP contribution >= 0.6 is 11.8 Å². The van der Waals surface area contributed by atoms with E-state index < -0.39 is 17.6 Å². The third-order valence-corrected chi connectivity index (χ3v) is 6.99. The van der Waals surface area contributed by atoms with Gasteiger partial charge in [-0.2, -0.15) is 0 Å². The van der Waals surface area contributed by atoms with Crippen molar-refractivity contribution in [3.63, 3.8) is 0 Å². The highest BCUT2D eigenvalue weighted by Crippen LogP contribution is 2.32. The third kappa shape index (κ3) is 6.98. The Labute approximate surface area is 205 Å². The fraction of sp³-hybridized carbons (Fsp3) is 0.600. The van der Waals surface area contributed by atoms with Gasteiger partial charge in [-0.1, -0.05) is 42.1 Å². The monoisotopic (exact) mass is 490 g/mol. The van der Waals surface area contributed by atoms with Crippen LogP contribution in [0.5, 0.6) is 0 Å². The summed E-state index contributed by atoms with van der Waals surface area (Å²) < 4.78 is 10.7. The zero-order valence-electron chi connectivity index (χ0n) is 20.3. The molecule has 34 heavy (non-hydrogen) atoms. The maximum absolute atomic E-state index is 13.7. The summed E-state index contributed by atoms with van der Waals surface area (Å²) in [7, 11) is 0. The molecule has 8 nitrogen and oxygen atoms in total. The molecule has 3 amide bonds. The molecule has 2 atom stereocenters. The van der Waals surface area contributed by atoms with Crippen LogP contribution in [0.25, 0.3) is 0 Å². The van der Waals surface area contributed by atoms with Crippen LogP contribution in [0.1, 0.15) is 46.1 Å². The number of cyclic esters (lactones) is 1. The number of rotatable bonds is 6. The molecule has 0 aromatic heterocycles. The highest BCUT2D eigenvalue weighted by molar-refractivity contribution is 8.13. The fourth-order valence-electron chi connectivity index (χ4n) is 4.37. The summed E-state index contributed by atoms with van der Waals surface area (Å²) in [4.78, 5) is 53.2. The Morgan fingerprint density at radius 2 is 1.79 bits per heavy atom. The Morgan fingerprint density at radius 1 is 1.15 bits per heavy atom. The van der Waals surface area contributed by atoms with Gasteiger partial charge in [-0.25, -0.2) is 14.5 Å². The van der Waals surface area contributed by atoms with E-state index in [2.05, 4.69) is 0 Å². The van der Waals surface area contributed by atoms with Crippen molar-refractivity contribution >= 4 is 35.0 Å². The van der Waals surface area contributed by atoms with E-state index in [1.807, 2.05) is 51.1 Å². The van der Waals surface area contributed by atoms with Crippen LogP contribution in [0.15, 0.2) is 30.3 Å². The molecule has 0 spiro atoms. The molecule has 186 valence electrons. The highest BCUT2D eigenvalue weighted by Gasteiger charge is 2.44. The van der Waals surface area contributed by atoms with Crippen molar-refractivity contribution in [3.8, 4) is 0 Å². The van der Waals surface area contributed by atoms with Gasteiger partial charge in [-0.05, 0) is 51.5 Å². The largest absolute Gasteiger partial charge is 0.447 e. The number of amides is 3. The normalized spacial score (nSPS) is 20.1. The van der Waals surface area contributed by atoms with Crippen molar-refractivity contribution in [2.24, 2.45) is 11.8 Å². The van der Waals surface area contributed by atoms with Gasteiger partial charge in [0.1, 0.15) is 12.2 Å². The number of hydrogen-bond donors (Lipinski definition) is 0. The quantitative estimate of drug-likeness (QED) is 0.592. The molecule has 2 saturated heterocycles. The number of hydrogen-bond acceptors (Lipinski definition) is 7. The highest BCUT2D eigenvalue weighted by atomic mass is 32.2. The summed E-state index contributed by atoms with van der Waals surface area (Å²) in [5, 5.41) is -0.0752. The molecule has 0 radical (unpaired) electrons. The van der Waals surface area contributed by atoms with Crippen LogP contribution < -0.4 is 0 Å². The van der Waals surface area contributed by atoms with Crippen LogP contribution in [0.3, 0.4) is 0 Å². The summed E-state index contributed by atoms with van der Waals surface area (Å²) in [6.07, 6.45) is 0.718. The minimum absolute atomic E-state index is 0.0520. The second-order valence-electron chi connectivity index (χ2n) is 9.84. The lowest BCUT2D eigenvalue weighted by Crippen LogP contribution is -2.49. The maximum Gasteiger partial charge on any atom is 0.416 e. The predicted octanol–water partition coefficient (Wildman–Crippen LogP) is 4.12. The van der Waals surface area contributed by atoms with Crippen LogP contribution in [0.2, 0.25) is 0 Å². The molecule has 0 aliphatic carbocycles. The standard InChI is InChI=1S/C25H34N2O6S/c1-17(28)34-16-21(19-10-12-26(13-11-19)23(30)33-25(2,3)4)22(29)27-20(15-32-24(27)31)14-18-8-6-5-7-9-18/h5-9,19-21H,10-16H2,1-4H3. The molecule has 0 N–H and O–H groups in total. The first-order chi connectivity index (χ1) is 16.0. The Kier molecular flexibility index (Phi) is 8.62. The maximum atomic E-state index is 13.7. The van der Waals surface area contributed by atoms with E-state index in [9.17, 15) is 19.2 Å². The number of ether oxygens (including phenoxy) is 2. The molecule has 2 unspecified atom stereocenters. The topological polar surface area (TPSA) is 93.2 Å². The lowest BCUT2D eigenvalue weighted by atomic mass is 9.84. The van der Waals surface area contributed by atoms with Gasteiger partial charge in [0.25, 0.3) is 0 Å². The van der Waals surface area contributed by atoms with Crippen molar-refractivity contribution in [2.75, 3.05) is 25.4 Å². The van der Waals surface area contributed by atoms with Gasteiger partial charge in [-0.15, -0.1) is 0 Å². The minimum atomic E-state index is -0.630. The second-order valence-corrected chi connectivity index (χ2v) is 11.0. The van der Waals surface area contributed by atoms with Crippen LogP contribution in [-0.2, 0) is 25.5 Å². The summed E-state index contributed by atoms with van der Waals surface area (Å²) in [6.45, 7) is 8.03. The van der Waals surface area contributed by atoms with Crippen LogP contribution in [0.4, 0.5) is 9.59 Å². The molecular formula is C25H34N2O6S. The molecule has 1 aromatic carbocycles. The summed E-state index contributed by atoms with van der Waals surface area (Å²) in [5.41, 5.74) is 0.443. The molecule has 9 heteroatoms. The van der Waals surface area contributed by atoms with E-state index in [4.69, 9.17) is 9.47 Å². The average Bonchev–Trinajstić information content (AvgIpc) is 3.13. The molecule has 0 saturated carbocycles. The Bertz CT molecular complexity index is 892. The van der Waals surface area contributed by atoms with Gasteiger partial charge in [0.15, 0.2) is 5.12 Å². The first kappa shape index (κ1) is 26.1. The number of likely N-dealkylation sites (tertiary alicyclic amines) is 1. The van der Waals surface area contributed by atoms with Crippen molar-refractivity contribution in [2.45, 2.75) is 58.6 Å². The van der Waals surface area contributed by atoms with E-state index in [-0.39, 0.29) is 35.7 Å². The Hall–Kier alpha value is -2.55. The van der Waals surface area contributed by atoms with Gasteiger partial charge in [0.05, 0.1) is 12.0 Å². The Morgan fingerprint density at radius 3 is 2.38 bits per heavy atom. The molecule has 0 bridgehead atoms. The van der Waals surface area contributed by atoms with Gasteiger partial charge < -0.3 is 14.4 Å². The van der Waals surface area contributed by atoms with Crippen molar-refractivity contribution < 1.29 is 28.7 Å². The Balaban J connectivity index is 1.71. The van der Waals surface area contributed by atoms with E-state index in [0.717, 1.165) is 17.3 Å². The van der Waals surface area contributed by atoms with Gasteiger partial charge >= 0.3 is 12.2 Å². The predicted molar refractivity (Wildman–Crippen MR) is 129 cm³/mol. The second kappa shape index (κ2) is 11.3. The van der Waals surface area contributed by atoms with Crippen molar-refractivity contribution in [3.05, 3.63) is 35.9 Å². The number of benzene rings is 1. The zero-order chi connectivity index (χ0) is 24.9. The van der Waals surface area contributed by atoms with E-state index >= 15 is 0 Å². The number of carbonyl (C=O) groups excluding carboxylic acids is 4. The fourth-order valence-corrected chi connectivity index (χ4v) is 5.20. The molecular weight excluding hydrogens is 456 g/mol. The molecule has 2 heterocycles. The number of piperidine rings is 1. The van der Waals surface area contributed by atoms with Gasteiger partial charge in [0, 0.05) is 25.8 Å². The first-order valence-corrected chi connectivity index (χ1v) is 12.7. The minimum Gasteiger partial charge on any atom is -0.447 e. The number of carbonyl (C=O) groups is 4. The van der Waals surface area contributed by atoms with Gasteiger partial charge in [-0.3, -0.25) is 9.59 Å². The van der Waals surface area contributed by atoms with Gasteiger partial charge in [0.2, 0.25) is 5.91 Å². The SMILES string of the molecule is CC(=O)SCC(C(=O)N1C(=O)OCC1Cc1ccccc1)C1CCN(C(=O)OC(C)(C)C)CC1. The third-order valence-electron chi connectivity index (χ3n) is 6.06. The number of nitrogens with zero attached hydrogens (tertiary/aromatic N) is 2. The van der Waals surface area contributed by atoms with E-state index in [1.54, 1.807) is 4.90 Å². The smallest absolute Gasteiger partial charge is 0.416 e. The summed E-state index contributed by atoms with van der Waals surface area (Å²) >= 11 is 1.10. The molecule has 2 aliphatic rings. The molecule has 2 aliphatic heterocycles. The van der Waals surface area contributed by atoms with Crippen molar-refractivity contribution in [1.29, 1.82) is 0 Å². The van der Waals surface area contributed by atoms with E-state index in [0.29, 0.717) is 38.1 Å². The lowest BCUT2D eigenvalue weighted by Gasteiger charge is -2.37. The number of thioether (sulfide) groups is 1. The van der Waals surface area contributed by atoms with Crippen molar-refractivity contribution in [1.82, 2.24) is 9.80 Å². The average molecular weight is 491 g/mol.